The molecule has 0 radical (unpaired) electrons. The zero-order valence-electron chi connectivity index (χ0n) is 12.0. The Hall–Kier alpha value is -1.39. The second-order valence-electron chi connectivity index (χ2n) is 5.32. The normalized spacial score (nSPS) is 14.6. The first-order valence-corrected chi connectivity index (χ1v) is 7.99. The summed E-state index contributed by atoms with van der Waals surface area (Å²) in [5.74, 6) is 0.582. The minimum Gasteiger partial charge on any atom is -0.391 e. The van der Waals surface area contributed by atoms with Gasteiger partial charge in [-0.2, -0.15) is 0 Å². The lowest BCUT2D eigenvalue weighted by Crippen LogP contribution is -2.15. The second kappa shape index (κ2) is 5.54. The molecule has 1 aliphatic rings. The van der Waals surface area contributed by atoms with Crippen molar-refractivity contribution in [3.63, 3.8) is 0 Å². The van der Waals surface area contributed by atoms with Gasteiger partial charge in [0.15, 0.2) is 5.13 Å². The number of hydrogen-bond donors (Lipinski definition) is 1. The molecule has 20 heavy (non-hydrogen) atoms. The number of aryl methyl sites for hydroxylation is 1. The highest BCUT2D eigenvalue weighted by Crippen LogP contribution is 2.44. The lowest BCUT2D eigenvalue weighted by molar-refractivity contribution is 0.284. The Morgan fingerprint density at radius 1 is 1.30 bits per heavy atom. The van der Waals surface area contributed by atoms with Gasteiger partial charge >= 0.3 is 0 Å². The molecule has 0 bridgehead atoms. The first-order chi connectivity index (χ1) is 9.72. The molecule has 1 aromatic heterocycles. The van der Waals surface area contributed by atoms with Gasteiger partial charge in [0.2, 0.25) is 0 Å². The molecule has 1 saturated carbocycles. The van der Waals surface area contributed by atoms with E-state index >= 15 is 0 Å². The lowest BCUT2D eigenvalue weighted by atomic mass is 10.2. The number of thiazole rings is 1. The van der Waals surface area contributed by atoms with E-state index in [0.717, 1.165) is 22.2 Å². The van der Waals surface area contributed by atoms with Crippen molar-refractivity contribution in [2.24, 2.45) is 0 Å². The minimum atomic E-state index is 0.106. The Balaban J connectivity index is 1.94. The molecule has 0 atom stereocenters. The Labute approximate surface area is 123 Å². The molecule has 0 amide bonds. The maximum absolute atomic E-state index is 9.52. The predicted octanol–water partition coefficient (Wildman–Crippen LogP) is 3.98. The summed E-state index contributed by atoms with van der Waals surface area (Å²) in [4.78, 5) is 8.05. The third-order valence-electron chi connectivity index (χ3n) is 3.72. The number of benzene rings is 1. The summed E-state index contributed by atoms with van der Waals surface area (Å²) in [6.07, 6.45) is 2.43. The molecule has 0 saturated heterocycles. The van der Waals surface area contributed by atoms with Gasteiger partial charge in [-0.05, 0) is 38.8 Å². The monoisotopic (exact) mass is 288 g/mol. The molecule has 106 valence electrons. The van der Waals surface area contributed by atoms with Crippen LogP contribution in [0.25, 0.3) is 0 Å². The molecule has 4 heteroatoms. The molecule has 1 heterocycles. The molecule has 0 unspecified atom stereocenters. The van der Waals surface area contributed by atoms with E-state index < -0.39 is 0 Å². The van der Waals surface area contributed by atoms with Crippen LogP contribution in [0.3, 0.4) is 0 Å². The Morgan fingerprint density at radius 2 is 2.00 bits per heavy atom. The van der Waals surface area contributed by atoms with Gasteiger partial charge < -0.3 is 10.0 Å². The molecule has 3 nitrogen and oxygen atoms in total. The summed E-state index contributed by atoms with van der Waals surface area (Å²) < 4.78 is 0. The third-order valence-corrected chi connectivity index (χ3v) is 4.80. The van der Waals surface area contributed by atoms with E-state index in [4.69, 9.17) is 4.98 Å². The van der Waals surface area contributed by atoms with Crippen LogP contribution in [0, 0.1) is 6.92 Å². The van der Waals surface area contributed by atoms with E-state index in [9.17, 15) is 5.11 Å². The number of aliphatic hydroxyl groups is 1. The average molecular weight is 288 g/mol. The van der Waals surface area contributed by atoms with Gasteiger partial charge in [-0.25, -0.2) is 4.98 Å². The first-order valence-electron chi connectivity index (χ1n) is 7.17. The van der Waals surface area contributed by atoms with Crippen molar-refractivity contribution in [1.82, 2.24) is 4.98 Å². The zero-order chi connectivity index (χ0) is 14.1. The summed E-state index contributed by atoms with van der Waals surface area (Å²) in [5, 5.41) is 10.5. The van der Waals surface area contributed by atoms with Gasteiger partial charge in [0, 0.05) is 18.2 Å². The summed E-state index contributed by atoms with van der Waals surface area (Å²) in [6, 6.07) is 8.52. The molecule has 1 aromatic carbocycles. The van der Waals surface area contributed by atoms with Crippen LogP contribution in [0.1, 0.15) is 41.8 Å². The van der Waals surface area contributed by atoms with E-state index in [1.807, 2.05) is 0 Å². The Morgan fingerprint density at radius 3 is 2.55 bits per heavy atom. The molecule has 0 aliphatic heterocycles. The lowest BCUT2D eigenvalue weighted by Gasteiger charge is -2.20. The van der Waals surface area contributed by atoms with Crippen LogP contribution < -0.4 is 4.90 Å². The van der Waals surface area contributed by atoms with Crippen LogP contribution in [0.5, 0.6) is 0 Å². The third kappa shape index (κ3) is 2.58. The molecule has 0 spiro atoms. The van der Waals surface area contributed by atoms with E-state index in [-0.39, 0.29) is 6.61 Å². The largest absolute Gasteiger partial charge is 0.391 e. The first kappa shape index (κ1) is 13.6. The second-order valence-corrected chi connectivity index (χ2v) is 6.38. The van der Waals surface area contributed by atoms with Gasteiger partial charge in [-0.15, -0.1) is 0 Å². The van der Waals surface area contributed by atoms with Gasteiger partial charge in [0.1, 0.15) is 0 Å². The van der Waals surface area contributed by atoms with Crippen molar-refractivity contribution in [3.05, 3.63) is 40.4 Å². The molecular weight excluding hydrogens is 268 g/mol. The highest BCUT2D eigenvalue weighted by Gasteiger charge is 2.30. The molecular formula is C16H20N2OS. The van der Waals surface area contributed by atoms with Crippen LogP contribution in [-0.4, -0.2) is 16.6 Å². The highest BCUT2D eigenvalue weighted by molar-refractivity contribution is 7.15. The van der Waals surface area contributed by atoms with E-state index in [2.05, 4.69) is 43.0 Å². The van der Waals surface area contributed by atoms with E-state index in [1.54, 1.807) is 11.3 Å². The topological polar surface area (TPSA) is 36.4 Å². The van der Waals surface area contributed by atoms with Gasteiger partial charge in [0.25, 0.3) is 0 Å². The van der Waals surface area contributed by atoms with Crippen LogP contribution in [0.2, 0.25) is 0 Å². The SMILES string of the molecule is CCN(c1ccc(C)cc1)c1nc(C2CC2)c(CO)s1. The van der Waals surface area contributed by atoms with Gasteiger partial charge in [-0.3, -0.25) is 0 Å². The smallest absolute Gasteiger partial charge is 0.190 e. The number of rotatable bonds is 5. The number of aromatic nitrogens is 1. The van der Waals surface area contributed by atoms with Crippen molar-refractivity contribution in [3.8, 4) is 0 Å². The fourth-order valence-electron chi connectivity index (χ4n) is 2.41. The molecule has 3 rings (SSSR count). The summed E-state index contributed by atoms with van der Waals surface area (Å²) in [7, 11) is 0. The van der Waals surface area contributed by atoms with Crippen LogP contribution >= 0.6 is 11.3 Å². The van der Waals surface area contributed by atoms with Crippen molar-refractivity contribution >= 4 is 22.2 Å². The van der Waals surface area contributed by atoms with Crippen molar-refractivity contribution in [2.45, 2.75) is 39.2 Å². The maximum Gasteiger partial charge on any atom is 0.190 e. The molecule has 1 aliphatic carbocycles. The fourth-order valence-corrected chi connectivity index (χ4v) is 3.50. The van der Waals surface area contributed by atoms with Gasteiger partial charge in [-0.1, -0.05) is 29.0 Å². The fraction of sp³-hybridized carbons (Fsp3) is 0.438. The number of anilines is 2. The maximum atomic E-state index is 9.52. The van der Waals surface area contributed by atoms with E-state index in [1.165, 1.54) is 24.1 Å². The molecule has 1 fully saturated rings. The van der Waals surface area contributed by atoms with Crippen molar-refractivity contribution in [1.29, 1.82) is 0 Å². The molecule has 2 aromatic rings. The Bertz CT molecular complexity index is 587. The number of aliphatic hydroxyl groups excluding tert-OH is 1. The Kier molecular flexibility index (Phi) is 3.76. The van der Waals surface area contributed by atoms with Crippen LogP contribution in [0.15, 0.2) is 24.3 Å². The number of hydrogen-bond acceptors (Lipinski definition) is 4. The van der Waals surface area contributed by atoms with Gasteiger partial charge in [0.05, 0.1) is 17.2 Å². The van der Waals surface area contributed by atoms with Crippen LogP contribution in [0.4, 0.5) is 10.8 Å². The van der Waals surface area contributed by atoms with Crippen molar-refractivity contribution in [2.75, 3.05) is 11.4 Å². The quantitative estimate of drug-likeness (QED) is 0.904. The minimum absolute atomic E-state index is 0.106. The zero-order valence-corrected chi connectivity index (χ0v) is 12.8. The van der Waals surface area contributed by atoms with Crippen LogP contribution in [-0.2, 0) is 6.61 Å². The molecule has 1 N–H and O–H groups in total. The summed E-state index contributed by atoms with van der Waals surface area (Å²) in [5.41, 5.74) is 3.55. The average Bonchev–Trinajstić information content (AvgIpc) is 3.22. The summed E-state index contributed by atoms with van der Waals surface area (Å²) >= 11 is 1.62. The predicted molar refractivity (Wildman–Crippen MR) is 83.9 cm³/mol. The van der Waals surface area contributed by atoms with Crippen molar-refractivity contribution < 1.29 is 5.11 Å². The van der Waals surface area contributed by atoms with E-state index in [0.29, 0.717) is 5.92 Å². The summed E-state index contributed by atoms with van der Waals surface area (Å²) in [6.45, 7) is 5.22. The number of nitrogens with zero attached hydrogens (tertiary/aromatic N) is 2. The standard InChI is InChI=1S/C16H20N2OS/c1-3-18(13-8-4-11(2)5-9-13)16-17-15(12-6-7-12)14(10-19)20-16/h4-5,8-9,12,19H,3,6-7,10H2,1-2H3. The highest BCUT2D eigenvalue weighted by atomic mass is 32.1.